The Labute approximate surface area is 119 Å². The lowest BCUT2D eigenvalue weighted by Crippen LogP contribution is -2.40. The Kier molecular flexibility index (Phi) is 4.78. The summed E-state index contributed by atoms with van der Waals surface area (Å²) in [6.45, 7) is 5.55. The number of nitrogens with one attached hydrogen (secondary N) is 1. The summed E-state index contributed by atoms with van der Waals surface area (Å²) in [4.78, 5) is 11.4. The van der Waals surface area contributed by atoms with Crippen LogP contribution in [0.3, 0.4) is 0 Å². The predicted octanol–water partition coefficient (Wildman–Crippen LogP) is 3.04. The lowest BCUT2D eigenvalue weighted by molar-refractivity contribution is 0.131. The van der Waals surface area contributed by atoms with Crippen LogP contribution in [0.15, 0.2) is 12.1 Å². The van der Waals surface area contributed by atoms with E-state index in [0.717, 1.165) is 0 Å². The minimum atomic E-state index is -0.533. The van der Waals surface area contributed by atoms with Crippen LogP contribution in [-0.2, 0) is 11.3 Å². The molecular weight excluding hydrogens is 350 g/mol. The number of hydrogen-bond donors (Lipinski definition) is 2. The van der Waals surface area contributed by atoms with Gasteiger partial charge in [0.15, 0.2) is 0 Å². The van der Waals surface area contributed by atoms with Crippen molar-refractivity contribution >= 4 is 34.4 Å². The number of benzene rings is 1. The van der Waals surface area contributed by atoms with Crippen LogP contribution in [-0.4, -0.2) is 11.6 Å². The smallest absolute Gasteiger partial charge is 0.407 e. The molecule has 0 aliphatic heterocycles. The van der Waals surface area contributed by atoms with Gasteiger partial charge in [0, 0.05) is 9.11 Å². The highest BCUT2D eigenvalue weighted by atomic mass is 127. The van der Waals surface area contributed by atoms with Gasteiger partial charge in [-0.05, 0) is 61.1 Å². The lowest BCUT2D eigenvalue weighted by Gasteiger charge is -2.20. The fraction of sp³-hybridized carbons (Fsp3) is 0.417. The molecule has 18 heavy (non-hydrogen) atoms. The highest BCUT2D eigenvalue weighted by Gasteiger charge is 2.15. The van der Waals surface area contributed by atoms with E-state index in [0.29, 0.717) is 9.13 Å². The van der Waals surface area contributed by atoms with E-state index in [1.54, 1.807) is 6.07 Å². The number of hydrogen-bond acceptors (Lipinski definition) is 3. The summed E-state index contributed by atoms with van der Waals surface area (Å²) in [6, 6.07) is 2.95. The zero-order valence-corrected chi connectivity index (χ0v) is 12.7. The summed E-state index contributed by atoms with van der Waals surface area (Å²) in [5.41, 5.74) is 5.80. The molecule has 1 rings (SSSR count). The molecule has 0 aliphatic rings. The lowest BCUT2D eigenvalue weighted by atomic mass is 10.1. The molecule has 0 unspecified atom stereocenters. The fourth-order valence-electron chi connectivity index (χ4n) is 1.21. The molecule has 0 heterocycles. The van der Waals surface area contributed by atoms with Crippen molar-refractivity contribution in [2.24, 2.45) is 0 Å². The Morgan fingerprint density at radius 2 is 2.11 bits per heavy atom. The molecule has 1 amide bonds. The summed E-state index contributed by atoms with van der Waals surface area (Å²) >= 11 is 1.93. The number of anilines is 1. The minimum absolute atomic E-state index is 0.00904. The van der Waals surface area contributed by atoms with Crippen LogP contribution in [0.5, 0.6) is 0 Å². The number of carbonyl (C=O) groups is 1. The maximum Gasteiger partial charge on any atom is 0.407 e. The Balaban J connectivity index is 2.62. The summed E-state index contributed by atoms with van der Waals surface area (Å²) in [6.07, 6.45) is -0.533. The van der Waals surface area contributed by atoms with E-state index in [4.69, 9.17) is 10.5 Å². The highest BCUT2D eigenvalue weighted by Crippen LogP contribution is 2.21. The van der Waals surface area contributed by atoms with Gasteiger partial charge < -0.3 is 15.8 Å². The van der Waals surface area contributed by atoms with Crippen LogP contribution in [0.2, 0.25) is 0 Å². The first-order valence-electron chi connectivity index (χ1n) is 5.37. The Morgan fingerprint density at radius 3 is 2.61 bits per heavy atom. The molecule has 4 nitrogen and oxygen atoms in total. The van der Waals surface area contributed by atoms with Crippen molar-refractivity contribution in [3.63, 3.8) is 0 Å². The molecule has 0 atom stereocenters. The number of nitrogens with two attached hydrogens (primary N) is 1. The van der Waals surface area contributed by atoms with Crippen LogP contribution in [0.4, 0.5) is 14.9 Å². The normalized spacial score (nSPS) is 11.2. The highest BCUT2D eigenvalue weighted by molar-refractivity contribution is 14.1. The first-order chi connectivity index (χ1) is 8.19. The molecule has 0 spiro atoms. The van der Waals surface area contributed by atoms with Gasteiger partial charge in [-0.3, -0.25) is 0 Å². The Morgan fingerprint density at radius 1 is 1.50 bits per heavy atom. The first kappa shape index (κ1) is 15.0. The standard InChI is InChI=1S/C12H16FIN2O2/c1-12(2,3)16-11(17)18-6-7-4-8(13)10(15)9(14)5-7/h4-5H,6,15H2,1-3H3,(H,16,17). The largest absolute Gasteiger partial charge is 0.445 e. The topological polar surface area (TPSA) is 64.3 Å². The second-order valence-corrected chi connectivity index (χ2v) is 6.09. The third-order valence-corrected chi connectivity index (χ3v) is 2.88. The van der Waals surface area contributed by atoms with Crippen molar-refractivity contribution in [1.82, 2.24) is 5.32 Å². The van der Waals surface area contributed by atoms with Gasteiger partial charge in [-0.1, -0.05) is 0 Å². The fourth-order valence-corrected chi connectivity index (χ4v) is 1.87. The van der Waals surface area contributed by atoms with E-state index >= 15 is 0 Å². The van der Waals surface area contributed by atoms with E-state index in [1.165, 1.54) is 6.07 Å². The number of alkyl carbamates (subject to hydrolysis) is 1. The van der Waals surface area contributed by atoms with Crippen molar-refractivity contribution in [3.8, 4) is 0 Å². The Bertz CT molecular complexity index is 435. The second-order valence-electron chi connectivity index (χ2n) is 4.92. The van der Waals surface area contributed by atoms with Crippen molar-refractivity contribution in [2.75, 3.05) is 5.73 Å². The van der Waals surface area contributed by atoms with E-state index in [-0.39, 0.29) is 17.8 Å². The van der Waals surface area contributed by atoms with Crippen LogP contribution in [0.25, 0.3) is 0 Å². The number of amides is 1. The van der Waals surface area contributed by atoms with Crippen LogP contribution < -0.4 is 11.1 Å². The van der Waals surface area contributed by atoms with Crippen molar-refractivity contribution < 1.29 is 13.9 Å². The van der Waals surface area contributed by atoms with Crippen molar-refractivity contribution in [3.05, 3.63) is 27.1 Å². The van der Waals surface area contributed by atoms with E-state index in [9.17, 15) is 9.18 Å². The maximum atomic E-state index is 13.3. The third kappa shape index (κ3) is 4.67. The maximum absolute atomic E-state index is 13.3. The van der Waals surface area contributed by atoms with Gasteiger partial charge in [0.2, 0.25) is 0 Å². The first-order valence-corrected chi connectivity index (χ1v) is 6.45. The van der Waals surface area contributed by atoms with Gasteiger partial charge in [0.25, 0.3) is 0 Å². The third-order valence-electron chi connectivity index (χ3n) is 1.99. The zero-order valence-electron chi connectivity index (χ0n) is 10.5. The van der Waals surface area contributed by atoms with Gasteiger partial charge in [0.1, 0.15) is 12.4 Å². The summed E-state index contributed by atoms with van der Waals surface area (Å²) < 4.78 is 18.9. The molecular formula is C12H16FIN2O2. The molecule has 0 saturated heterocycles. The van der Waals surface area contributed by atoms with Crippen LogP contribution >= 0.6 is 22.6 Å². The van der Waals surface area contributed by atoms with Crippen LogP contribution in [0.1, 0.15) is 26.3 Å². The average Bonchev–Trinajstić information content (AvgIpc) is 2.20. The van der Waals surface area contributed by atoms with Gasteiger partial charge in [0.05, 0.1) is 5.69 Å². The molecule has 1 aromatic rings. The molecule has 0 aliphatic carbocycles. The number of rotatable bonds is 2. The molecule has 100 valence electrons. The molecule has 0 saturated carbocycles. The predicted molar refractivity (Wildman–Crippen MR) is 76.6 cm³/mol. The Hall–Kier alpha value is -1.05. The molecule has 1 aromatic carbocycles. The average molecular weight is 366 g/mol. The summed E-state index contributed by atoms with van der Waals surface area (Å²) in [7, 11) is 0. The zero-order chi connectivity index (χ0) is 13.9. The van der Waals surface area contributed by atoms with Gasteiger partial charge >= 0.3 is 6.09 Å². The molecule has 0 bridgehead atoms. The summed E-state index contributed by atoms with van der Waals surface area (Å²) in [5.74, 6) is -0.503. The molecule has 0 fully saturated rings. The van der Waals surface area contributed by atoms with E-state index < -0.39 is 11.9 Å². The van der Waals surface area contributed by atoms with E-state index in [2.05, 4.69) is 5.32 Å². The van der Waals surface area contributed by atoms with Crippen molar-refractivity contribution in [1.29, 1.82) is 0 Å². The molecule has 6 heteroatoms. The minimum Gasteiger partial charge on any atom is -0.445 e. The monoisotopic (exact) mass is 366 g/mol. The number of halogens is 2. The van der Waals surface area contributed by atoms with Gasteiger partial charge in [-0.2, -0.15) is 0 Å². The summed E-state index contributed by atoms with van der Waals surface area (Å²) in [5, 5.41) is 2.65. The molecule has 0 radical (unpaired) electrons. The van der Waals surface area contributed by atoms with Gasteiger partial charge in [-0.15, -0.1) is 0 Å². The number of carbonyl (C=O) groups excluding carboxylic acids is 1. The van der Waals surface area contributed by atoms with Gasteiger partial charge in [-0.25, -0.2) is 9.18 Å². The SMILES string of the molecule is CC(C)(C)NC(=O)OCc1cc(F)c(N)c(I)c1. The number of nitrogen functional groups attached to an aromatic ring is 1. The molecule has 0 aromatic heterocycles. The van der Waals surface area contributed by atoms with Crippen molar-refractivity contribution in [2.45, 2.75) is 32.9 Å². The number of ether oxygens (including phenoxy) is 1. The molecule has 3 N–H and O–H groups in total. The quantitative estimate of drug-likeness (QED) is 0.625. The van der Waals surface area contributed by atoms with Crippen LogP contribution in [0, 0.1) is 9.39 Å². The van der Waals surface area contributed by atoms with E-state index in [1.807, 2.05) is 43.4 Å². The second kappa shape index (κ2) is 5.73.